The molecule has 3 rings (SSSR count). The molecule has 20 heavy (non-hydrogen) atoms. The molecule has 1 aliphatic rings. The van der Waals surface area contributed by atoms with Gasteiger partial charge in [0, 0.05) is 18.1 Å². The maximum atomic E-state index is 13.1. The highest BCUT2D eigenvalue weighted by molar-refractivity contribution is 9.10. The normalized spacial score (nSPS) is 16.6. The fourth-order valence-corrected chi connectivity index (χ4v) is 2.51. The molecule has 0 saturated heterocycles. The maximum absolute atomic E-state index is 13.1. The fraction of sp³-hybridized carbons (Fsp3) is 0.200. The molecule has 0 aliphatic carbocycles. The molecule has 1 atom stereocenters. The van der Waals surface area contributed by atoms with Crippen molar-refractivity contribution >= 4 is 15.9 Å². The lowest BCUT2D eigenvalue weighted by atomic mass is 10.1. The van der Waals surface area contributed by atoms with E-state index < -0.39 is 0 Å². The molecule has 0 bridgehead atoms. The Morgan fingerprint density at radius 2 is 1.90 bits per heavy atom. The van der Waals surface area contributed by atoms with Crippen LogP contribution in [0, 0.1) is 11.6 Å². The molecule has 0 fully saturated rings. The van der Waals surface area contributed by atoms with Crippen LogP contribution < -0.4 is 9.47 Å². The van der Waals surface area contributed by atoms with Gasteiger partial charge in [-0.1, -0.05) is 0 Å². The lowest BCUT2D eigenvalue weighted by Crippen LogP contribution is -2.22. The summed E-state index contributed by atoms with van der Waals surface area (Å²) in [7, 11) is 0. The van der Waals surface area contributed by atoms with Gasteiger partial charge < -0.3 is 9.47 Å². The van der Waals surface area contributed by atoms with Crippen LogP contribution in [-0.4, -0.2) is 12.7 Å². The summed E-state index contributed by atoms with van der Waals surface area (Å²) in [5.41, 5.74) is 0.830. The monoisotopic (exact) mass is 340 g/mol. The second kappa shape index (κ2) is 5.40. The predicted octanol–water partition coefficient (Wildman–Crippen LogP) is 4.11. The van der Waals surface area contributed by atoms with Gasteiger partial charge in [-0.15, -0.1) is 0 Å². The van der Waals surface area contributed by atoms with E-state index in [0.29, 0.717) is 22.4 Å². The molecule has 1 unspecified atom stereocenters. The Morgan fingerprint density at radius 1 is 1.15 bits per heavy atom. The fourth-order valence-electron chi connectivity index (χ4n) is 2.15. The third-order valence-corrected chi connectivity index (χ3v) is 3.74. The Hall–Kier alpha value is -1.62. The average Bonchev–Trinajstić information content (AvgIpc) is 2.81. The standard InChI is InChI=1S/C15H11BrF2O2/c16-13-3-1-11(18)7-15(13)19-8-12-6-9-5-10(17)2-4-14(9)20-12/h1-5,7,12H,6,8H2. The third-order valence-electron chi connectivity index (χ3n) is 3.08. The van der Waals surface area contributed by atoms with Crippen molar-refractivity contribution in [2.45, 2.75) is 12.5 Å². The molecule has 2 aromatic rings. The van der Waals surface area contributed by atoms with Crippen molar-refractivity contribution in [3.63, 3.8) is 0 Å². The number of ether oxygens (including phenoxy) is 2. The molecule has 0 N–H and O–H groups in total. The van der Waals surface area contributed by atoms with Gasteiger partial charge in [-0.3, -0.25) is 0 Å². The molecule has 1 aliphatic heterocycles. The summed E-state index contributed by atoms with van der Waals surface area (Å²) >= 11 is 3.30. The molecule has 1 heterocycles. The number of rotatable bonds is 3. The van der Waals surface area contributed by atoms with Crippen LogP contribution in [0.4, 0.5) is 8.78 Å². The lowest BCUT2D eigenvalue weighted by molar-refractivity contribution is 0.147. The first-order chi connectivity index (χ1) is 9.61. The summed E-state index contributed by atoms with van der Waals surface area (Å²) in [6, 6.07) is 8.69. The molecular weight excluding hydrogens is 330 g/mol. The van der Waals surface area contributed by atoms with Crippen LogP contribution in [0.25, 0.3) is 0 Å². The molecule has 0 saturated carbocycles. The largest absolute Gasteiger partial charge is 0.488 e. The van der Waals surface area contributed by atoms with Gasteiger partial charge in [0.25, 0.3) is 0 Å². The zero-order valence-corrected chi connectivity index (χ0v) is 12.0. The first-order valence-electron chi connectivity index (χ1n) is 6.15. The van der Waals surface area contributed by atoms with Gasteiger partial charge in [0.2, 0.25) is 0 Å². The first kappa shape index (κ1) is 13.4. The van der Waals surface area contributed by atoms with Crippen molar-refractivity contribution in [2.75, 3.05) is 6.61 Å². The van der Waals surface area contributed by atoms with Gasteiger partial charge in [0.15, 0.2) is 0 Å². The number of hydrogen-bond acceptors (Lipinski definition) is 2. The SMILES string of the molecule is Fc1ccc2c(c1)CC(COc1cc(F)ccc1Br)O2. The van der Waals surface area contributed by atoms with E-state index in [1.807, 2.05) is 0 Å². The van der Waals surface area contributed by atoms with E-state index in [0.717, 1.165) is 5.56 Å². The van der Waals surface area contributed by atoms with E-state index in [1.165, 1.54) is 24.3 Å². The second-order valence-corrected chi connectivity index (χ2v) is 5.44. The highest BCUT2D eigenvalue weighted by Gasteiger charge is 2.24. The number of hydrogen-bond donors (Lipinski definition) is 0. The summed E-state index contributed by atoms with van der Waals surface area (Å²) in [6.07, 6.45) is 0.391. The first-order valence-corrected chi connectivity index (χ1v) is 6.94. The van der Waals surface area contributed by atoms with Gasteiger partial charge in [0.05, 0.1) is 4.47 Å². The van der Waals surface area contributed by atoms with Gasteiger partial charge in [-0.2, -0.15) is 0 Å². The number of benzene rings is 2. The minimum absolute atomic E-state index is 0.193. The summed E-state index contributed by atoms with van der Waals surface area (Å²) in [4.78, 5) is 0. The Bertz CT molecular complexity index is 646. The van der Waals surface area contributed by atoms with E-state index in [1.54, 1.807) is 12.1 Å². The summed E-state index contributed by atoms with van der Waals surface area (Å²) in [5.74, 6) is 0.469. The van der Waals surface area contributed by atoms with E-state index in [2.05, 4.69) is 15.9 Å². The minimum Gasteiger partial charge on any atom is -0.488 e. The van der Waals surface area contributed by atoms with Gasteiger partial charge in [0.1, 0.15) is 35.8 Å². The second-order valence-electron chi connectivity index (χ2n) is 4.58. The maximum Gasteiger partial charge on any atom is 0.137 e. The average molecular weight is 341 g/mol. The van der Waals surface area contributed by atoms with E-state index >= 15 is 0 Å². The van der Waals surface area contributed by atoms with Crippen LogP contribution in [0.3, 0.4) is 0 Å². The van der Waals surface area contributed by atoms with Gasteiger partial charge in [-0.05, 0) is 46.3 Å². The molecule has 0 radical (unpaired) electrons. The number of halogens is 3. The Balaban J connectivity index is 1.65. The van der Waals surface area contributed by atoms with E-state index in [9.17, 15) is 8.78 Å². The van der Waals surface area contributed by atoms with Crippen molar-refractivity contribution in [3.05, 3.63) is 58.1 Å². The van der Waals surface area contributed by atoms with Crippen LogP contribution >= 0.6 is 15.9 Å². The van der Waals surface area contributed by atoms with Crippen molar-refractivity contribution in [3.8, 4) is 11.5 Å². The van der Waals surface area contributed by atoms with Crippen molar-refractivity contribution in [1.29, 1.82) is 0 Å². The minimum atomic E-state index is -0.360. The molecule has 2 nitrogen and oxygen atoms in total. The molecule has 104 valence electrons. The third kappa shape index (κ3) is 2.77. The summed E-state index contributed by atoms with van der Waals surface area (Å²) in [6.45, 7) is 0.276. The molecular formula is C15H11BrF2O2. The zero-order valence-electron chi connectivity index (χ0n) is 10.4. The van der Waals surface area contributed by atoms with Gasteiger partial charge >= 0.3 is 0 Å². The van der Waals surface area contributed by atoms with Crippen LogP contribution in [0.15, 0.2) is 40.9 Å². The highest BCUT2D eigenvalue weighted by atomic mass is 79.9. The van der Waals surface area contributed by atoms with Crippen LogP contribution in [0.1, 0.15) is 5.56 Å². The number of fused-ring (bicyclic) bond motifs is 1. The molecule has 0 amide bonds. The van der Waals surface area contributed by atoms with E-state index in [-0.39, 0.29) is 24.3 Å². The van der Waals surface area contributed by atoms with Crippen molar-refractivity contribution < 1.29 is 18.3 Å². The Morgan fingerprint density at radius 3 is 2.75 bits per heavy atom. The molecule has 5 heteroatoms. The van der Waals surface area contributed by atoms with Crippen molar-refractivity contribution in [2.24, 2.45) is 0 Å². The van der Waals surface area contributed by atoms with Crippen LogP contribution in [-0.2, 0) is 6.42 Å². The molecule has 0 aromatic heterocycles. The van der Waals surface area contributed by atoms with Crippen LogP contribution in [0.5, 0.6) is 11.5 Å². The van der Waals surface area contributed by atoms with Gasteiger partial charge in [-0.25, -0.2) is 8.78 Å². The van der Waals surface area contributed by atoms with Crippen molar-refractivity contribution in [1.82, 2.24) is 0 Å². The lowest BCUT2D eigenvalue weighted by Gasteiger charge is -2.13. The topological polar surface area (TPSA) is 18.5 Å². The zero-order chi connectivity index (χ0) is 14.1. The molecule has 2 aromatic carbocycles. The Kier molecular flexibility index (Phi) is 3.61. The summed E-state index contributed by atoms with van der Waals surface area (Å²) in [5, 5.41) is 0. The summed E-state index contributed by atoms with van der Waals surface area (Å²) < 4.78 is 38.1. The quantitative estimate of drug-likeness (QED) is 0.837. The van der Waals surface area contributed by atoms with E-state index in [4.69, 9.17) is 9.47 Å². The Labute approximate surface area is 123 Å². The highest BCUT2D eigenvalue weighted by Crippen LogP contribution is 2.31. The predicted molar refractivity (Wildman–Crippen MR) is 74.1 cm³/mol. The molecule has 0 spiro atoms. The van der Waals surface area contributed by atoms with Crippen LogP contribution in [0.2, 0.25) is 0 Å². The smallest absolute Gasteiger partial charge is 0.137 e.